The van der Waals surface area contributed by atoms with Gasteiger partial charge in [-0.15, -0.1) is 11.8 Å². The zero-order chi connectivity index (χ0) is 19.8. The summed E-state index contributed by atoms with van der Waals surface area (Å²) in [7, 11) is 0. The Balaban J connectivity index is 1.40. The van der Waals surface area contributed by atoms with E-state index >= 15 is 0 Å². The van der Waals surface area contributed by atoms with E-state index in [1.165, 1.54) is 23.9 Å². The smallest absolute Gasteiger partial charge is 0.339 e. The highest BCUT2D eigenvalue weighted by atomic mass is 32.2. The number of carbonyl (C=O) groups is 2. The largest absolute Gasteiger partial charge is 0.493 e. The summed E-state index contributed by atoms with van der Waals surface area (Å²) < 4.78 is 23.6. The van der Waals surface area contributed by atoms with E-state index in [2.05, 4.69) is 5.32 Å². The van der Waals surface area contributed by atoms with Crippen LogP contribution in [0.2, 0.25) is 0 Å². The summed E-state index contributed by atoms with van der Waals surface area (Å²) in [6, 6.07) is 13.2. The Kier molecular flexibility index (Phi) is 7.31. The zero-order valence-electron chi connectivity index (χ0n) is 15.4. The van der Waals surface area contributed by atoms with Gasteiger partial charge in [0.15, 0.2) is 0 Å². The van der Waals surface area contributed by atoms with E-state index in [4.69, 9.17) is 9.47 Å². The average Bonchev–Trinajstić information content (AvgIpc) is 3.51. The summed E-state index contributed by atoms with van der Waals surface area (Å²) in [5.41, 5.74) is 0.450. The lowest BCUT2D eigenvalue weighted by molar-refractivity contribution is -0.118. The van der Waals surface area contributed by atoms with Crippen LogP contribution in [0.1, 0.15) is 29.6 Å². The van der Waals surface area contributed by atoms with Crippen LogP contribution in [0, 0.1) is 5.82 Å². The second kappa shape index (κ2) is 10.1. The van der Waals surface area contributed by atoms with Crippen LogP contribution < -0.4 is 10.1 Å². The molecule has 28 heavy (non-hydrogen) atoms. The van der Waals surface area contributed by atoms with Gasteiger partial charge < -0.3 is 14.8 Å². The molecular formula is C21H22FNO4S. The van der Waals surface area contributed by atoms with Gasteiger partial charge in [-0.2, -0.15) is 0 Å². The van der Waals surface area contributed by atoms with Gasteiger partial charge in [-0.05, 0) is 49.2 Å². The van der Waals surface area contributed by atoms with E-state index < -0.39 is 5.97 Å². The quantitative estimate of drug-likeness (QED) is 0.371. The minimum atomic E-state index is -0.424. The molecule has 0 aromatic heterocycles. The van der Waals surface area contributed by atoms with E-state index in [1.807, 2.05) is 12.1 Å². The maximum Gasteiger partial charge on any atom is 0.339 e. The molecule has 1 aliphatic carbocycles. The molecule has 7 heteroatoms. The van der Waals surface area contributed by atoms with Gasteiger partial charge in [0.05, 0.1) is 24.5 Å². The van der Waals surface area contributed by atoms with Crippen LogP contribution in [0.5, 0.6) is 5.75 Å². The van der Waals surface area contributed by atoms with Crippen LogP contribution >= 0.6 is 11.8 Å². The van der Waals surface area contributed by atoms with Crippen LogP contribution in [-0.2, 0) is 9.53 Å². The molecule has 1 saturated carbocycles. The molecule has 0 heterocycles. The molecule has 0 unspecified atom stereocenters. The molecular weight excluding hydrogens is 381 g/mol. The van der Waals surface area contributed by atoms with Crippen molar-refractivity contribution >= 4 is 23.6 Å². The molecule has 0 atom stereocenters. The summed E-state index contributed by atoms with van der Waals surface area (Å²) >= 11 is 1.33. The molecule has 1 fully saturated rings. The van der Waals surface area contributed by atoms with Crippen molar-refractivity contribution in [3.05, 3.63) is 59.9 Å². The third-order valence-electron chi connectivity index (χ3n) is 4.01. The lowest BCUT2D eigenvalue weighted by Gasteiger charge is -2.10. The summed E-state index contributed by atoms with van der Waals surface area (Å²) in [4.78, 5) is 24.9. The maximum absolute atomic E-state index is 12.8. The average molecular weight is 403 g/mol. The van der Waals surface area contributed by atoms with Crippen molar-refractivity contribution in [3.63, 3.8) is 0 Å². The van der Waals surface area contributed by atoms with Crippen molar-refractivity contribution in [1.29, 1.82) is 0 Å². The molecule has 0 aliphatic heterocycles. The third-order valence-corrected chi connectivity index (χ3v) is 5.09. The van der Waals surface area contributed by atoms with Crippen LogP contribution in [0.25, 0.3) is 0 Å². The lowest BCUT2D eigenvalue weighted by Crippen LogP contribution is -2.27. The van der Waals surface area contributed by atoms with E-state index in [-0.39, 0.29) is 24.1 Å². The molecule has 5 nitrogen and oxygen atoms in total. The van der Waals surface area contributed by atoms with Gasteiger partial charge in [-0.25, -0.2) is 9.18 Å². The van der Waals surface area contributed by atoms with E-state index in [1.54, 1.807) is 24.3 Å². The van der Waals surface area contributed by atoms with Crippen molar-refractivity contribution in [2.24, 2.45) is 0 Å². The predicted octanol–water partition coefficient (Wildman–Crippen LogP) is 3.82. The van der Waals surface area contributed by atoms with E-state index in [0.29, 0.717) is 30.4 Å². The molecule has 148 valence electrons. The Morgan fingerprint density at radius 2 is 1.82 bits per heavy atom. The number of nitrogens with one attached hydrogen (secondary N) is 1. The van der Waals surface area contributed by atoms with Crippen molar-refractivity contribution in [1.82, 2.24) is 5.32 Å². The number of benzene rings is 2. The molecule has 0 radical (unpaired) electrons. The Morgan fingerprint density at radius 3 is 2.57 bits per heavy atom. The SMILES string of the molecule is O=C(CSc1ccccc1C(=O)OCCCOc1ccc(F)cc1)NC1CC1. The number of hydrogen-bond acceptors (Lipinski definition) is 5. The summed E-state index contributed by atoms with van der Waals surface area (Å²) in [6.07, 6.45) is 2.61. The highest BCUT2D eigenvalue weighted by Gasteiger charge is 2.23. The standard InChI is InChI=1S/C21H22FNO4S/c22-15-6-10-17(11-7-15)26-12-3-13-27-21(25)18-4-1-2-5-19(18)28-14-20(24)23-16-8-9-16/h1-2,4-7,10-11,16H,3,8-9,12-14H2,(H,23,24). The number of hydrogen-bond donors (Lipinski definition) is 1. The van der Waals surface area contributed by atoms with Crippen molar-refractivity contribution in [3.8, 4) is 5.75 Å². The number of esters is 1. The first-order valence-electron chi connectivity index (χ1n) is 9.18. The minimum Gasteiger partial charge on any atom is -0.493 e. The van der Waals surface area contributed by atoms with Gasteiger partial charge >= 0.3 is 5.97 Å². The van der Waals surface area contributed by atoms with Crippen molar-refractivity contribution in [2.45, 2.75) is 30.2 Å². The second-order valence-corrected chi connectivity index (χ2v) is 7.44. The Morgan fingerprint density at radius 1 is 1.07 bits per heavy atom. The molecule has 0 spiro atoms. The summed E-state index contributed by atoms with van der Waals surface area (Å²) in [5.74, 6) is 0.0784. The zero-order valence-corrected chi connectivity index (χ0v) is 16.2. The summed E-state index contributed by atoms with van der Waals surface area (Å²) in [5, 5.41) is 2.93. The van der Waals surface area contributed by atoms with Gasteiger partial charge in [-0.3, -0.25) is 4.79 Å². The van der Waals surface area contributed by atoms with E-state index in [9.17, 15) is 14.0 Å². The Bertz CT molecular complexity index is 808. The van der Waals surface area contributed by atoms with Crippen LogP contribution in [-0.4, -0.2) is 36.9 Å². The molecule has 1 N–H and O–H groups in total. The number of carbonyl (C=O) groups excluding carboxylic acids is 2. The van der Waals surface area contributed by atoms with Gasteiger partial charge in [0.2, 0.25) is 5.91 Å². The first kappa shape index (κ1) is 20.2. The fraction of sp³-hybridized carbons (Fsp3) is 0.333. The fourth-order valence-corrected chi connectivity index (χ4v) is 3.28. The van der Waals surface area contributed by atoms with Crippen molar-refractivity contribution in [2.75, 3.05) is 19.0 Å². The normalized spacial score (nSPS) is 13.0. The topological polar surface area (TPSA) is 64.6 Å². The number of ether oxygens (including phenoxy) is 2. The molecule has 3 rings (SSSR count). The number of thioether (sulfide) groups is 1. The van der Waals surface area contributed by atoms with Crippen LogP contribution in [0.15, 0.2) is 53.4 Å². The maximum atomic E-state index is 12.8. The fourth-order valence-electron chi connectivity index (χ4n) is 2.42. The predicted molar refractivity (Wildman–Crippen MR) is 105 cm³/mol. The number of halogens is 1. The minimum absolute atomic E-state index is 0.0198. The van der Waals surface area contributed by atoms with E-state index in [0.717, 1.165) is 17.7 Å². The highest BCUT2D eigenvalue weighted by molar-refractivity contribution is 8.00. The molecule has 1 amide bonds. The van der Waals surface area contributed by atoms with Crippen molar-refractivity contribution < 1.29 is 23.5 Å². The molecule has 0 saturated heterocycles. The lowest BCUT2D eigenvalue weighted by atomic mass is 10.2. The Labute approximate surface area is 167 Å². The molecule has 2 aromatic rings. The third kappa shape index (κ3) is 6.56. The molecule has 2 aromatic carbocycles. The number of rotatable bonds is 10. The monoisotopic (exact) mass is 403 g/mol. The Hall–Kier alpha value is -2.54. The van der Waals surface area contributed by atoms with Gasteiger partial charge in [0, 0.05) is 17.4 Å². The summed E-state index contributed by atoms with van der Waals surface area (Å²) in [6.45, 7) is 0.567. The number of amides is 1. The highest BCUT2D eigenvalue weighted by Crippen LogP contribution is 2.24. The van der Waals surface area contributed by atoms with Gasteiger partial charge in [0.1, 0.15) is 11.6 Å². The van der Waals surface area contributed by atoms with Crippen LogP contribution in [0.4, 0.5) is 4.39 Å². The first-order chi connectivity index (χ1) is 13.6. The molecule has 0 bridgehead atoms. The first-order valence-corrected chi connectivity index (χ1v) is 10.2. The van der Waals surface area contributed by atoms with Gasteiger partial charge in [0.25, 0.3) is 0 Å². The van der Waals surface area contributed by atoms with Crippen LogP contribution in [0.3, 0.4) is 0 Å². The second-order valence-electron chi connectivity index (χ2n) is 6.42. The van der Waals surface area contributed by atoms with Gasteiger partial charge in [-0.1, -0.05) is 12.1 Å². The molecule has 1 aliphatic rings.